The molecule has 2 atom stereocenters. The average molecular weight is 257 g/mol. The first-order valence-corrected chi connectivity index (χ1v) is 6.39. The number of hydrogen-bond acceptors (Lipinski definition) is 3. The van der Waals surface area contributed by atoms with Crippen LogP contribution in [0.2, 0.25) is 0 Å². The molecule has 0 aliphatic carbocycles. The Bertz CT molecular complexity index is 303. The van der Waals surface area contributed by atoms with Crippen LogP contribution in [0.15, 0.2) is 0 Å². The van der Waals surface area contributed by atoms with Gasteiger partial charge in [-0.05, 0) is 18.3 Å². The van der Waals surface area contributed by atoms with Crippen LogP contribution in [0.4, 0.5) is 0 Å². The van der Waals surface area contributed by atoms with Crippen LogP contribution >= 0.6 is 0 Å². The van der Waals surface area contributed by atoms with E-state index in [1.54, 1.807) is 0 Å². The highest BCUT2D eigenvalue weighted by Crippen LogP contribution is 2.21. The average Bonchev–Trinajstić information content (AvgIpc) is 2.24. The minimum atomic E-state index is -0.979. The van der Waals surface area contributed by atoms with Crippen LogP contribution in [0.5, 0.6) is 0 Å². The van der Waals surface area contributed by atoms with Crippen LogP contribution in [0.25, 0.3) is 0 Å². The number of nitrogens with one attached hydrogen (secondary N) is 1. The third kappa shape index (κ3) is 5.04. The van der Waals surface area contributed by atoms with E-state index < -0.39 is 12.0 Å². The van der Waals surface area contributed by atoms with Crippen molar-refractivity contribution in [1.82, 2.24) is 5.32 Å². The molecule has 104 valence electrons. The number of carboxylic acids is 1. The Morgan fingerprint density at radius 3 is 2.56 bits per heavy atom. The number of amides is 1. The molecule has 2 unspecified atom stereocenters. The summed E-state index contributed by atoms with van der Waals surface area (Å²) in [5.74, 6) is -1.31. The summed E-state index contributed by atoms with van der Waals surface area (Å²) in [5, 5.41) is 11.8. The molecule has 2 N–H and O–H groups in total. The van der Waals surface area contributed by atoms with E-state index in [-0.39, 0.29) is 17.2 Å². The Balaban J connectivity index is 2.57. The third-order valence-electron chi connectivity index (χ3n) is 2.94. The monoisotopic (exact) mass is 257 g/mol. The Morgan fingerprint density at radius 1 is 1.44 bits per heavy atom. The van der Waals surface area contributed by atoms with Crippen LogP contribution in [-0.2, 0) is 14.3 Å². The molecule has 1 fully saturated rings. The molecule has 1 saturated heterocycles. The summed E-state index contributed by atoms with van der Waals surface area (Å²) in [5.41, 5.74) is -0.143. The van der Waals surface area contributed by atoms with Crippen molar-refractivity contribution in [1.29, 1.82) is 0 Å². The molecule has 1 heterocycles. The molecular formula is C13H23NO4. The SMILES string of the molecule is CC(C)(C)CC(=O)NC(C(=O)O)C1CCCOC1. The van der Waals surface area contributed by atoms with Crippen molar-refractivity contribution >= 4 is 11.9 Å². The van der Waals surface area contributed by atoms with Gasteiger partial charge in [0.15, 0.2) is 0 Å². The van der Waals surface area contributed by atoms with E-state index >= 15 is 0 Å². The molecule has 0 bridgehead atoms. The number of carbonyl (C=O) groups is 2. The maximum Gasteiger partial charge on any atom is 0.326 e. The van der Waals surface area contributed by atoms with Crippen molar-refractivity contribution < 1.29 is 19.4 Å². The lowest BCUT2D eigenvalue weighted by atomic mass is 9.90. The number of hydrogen-bond donors (Lipinski definition) is 2. The Morgan fingerprint density at radius 2 is 2.11 bits per heavy atom. The number of aliphatic carboxylic acids is 1. The van der Waals surface area contributed by atoms with Gasteiger partial charge >= 0.3 is 5.97 Å². The minimum Gasteiger partial charge on any atom is -0.480 e. The summed E-state index contributed by atoms with van der Waals surface area (Å²) in [6, 6.07) is -0.833. The van der Waals surface area contributed by atoms with Gasteiger partial charge in [0.25, 0.3) is 0 Å². The number of rotatable bonds is 4. The molecule has 0 aromatic carbocycles. The third-order valence-corrected chi connectivity index (χ3v) is 2.94. The van der Waals surface area contributed by atoms with E-state index in [2.05, 4.69) is 5.32 Å². The molecule has 1 amide bonds. The lowest BCUT2D eigenvalue weighted by molar-refractivity contribution is -0.145. The highest BCUT2D eigenvalue weighted by atomic mass is 16.5. The van der Waals surface area contributed by atoms with Crippen molar-refractivity contribution in [3.8, 4) is 0 Å². The first-order chi connectivity index (χ1) is 8.29. The van der Waals surface area contributed by atoms with Gasteiger partial charge in [-0.25, -0.2) is 4.79 Å². The van der Waals surface area contributed by atoms with E-state index in [1.165, 1.54) is 0 Å². The fourth-order valence-corrected chi connectivity index (χ4v) is 2.12. The van der Waals surface area contributed by atoms with E-state index in [0.717, 1.165) is 12.8 Å². The van der Waals surface area contributed by atoms with Gasteiger partial charge in [-0.15, -0.1) is 0 Å². The van der Waals surface area contributed by atoms with Crippen molar-refractivity contribution in [2.75, 3.05) is 13.2 Å². The summed E-state index contributed by atoms with van der Waals surface area (Å²) in [6.45, 7) is 6.94. The molecule has 0 radical (unpaired) electrons. The van der Waals surface area contributed by atoms with Crippen molar-refractivity contribution in [2.45, 2.75) is 46.1 Å². The number of carbonyl (C=O) groups excluding carboxylic acids is 1. The second kappa shape index (κ2) is 6.18. The summed E-state index contributed by atoms with van der Waals surface area (Å²) in [6.07, 6.45) is 1.96. The zero-order chi connectivity index (χ0) is 13.8. The van der Waals surface area contributed by atoms with Gasteiger partial charge in [0.1, 0.15) is 6.04 Å². The van der Waals surface area contributed by atoms with E-state index in [4.69, 9.17) is 4.74 Å². The fourth-order valence-electron chi connectivity index (χ4n) is 2.12. The predicted octanol–water partition coefficient (Wildman–Crippen LogP) is 1.42. The summed E-state index contributed by atoms with van der Waals surface area (Å²) >= 11 is 0. The van der Waals surface area contributed by atoms with Gasteiger partial charge in [0, 0.05) is 18.9 Å². The summed E-state index contributed by atoms with van der Waals surface area (Å²) < 4.78 is 5.28. The first-order valence-electron chi connectivity index (χ1n) is 6.39. The Kier molecular flexibility index (Phi) is 5.14. The molecule has 0 aromatic rings. The van der Waals surface area contributed by atoms with Gasteiger partial charge in [-0.2, -0.15) is 0 Å². The zero-order valence-corrected chi connectivity index (χ0v) is 11.4. The molecule has 0 saturated carbocycles. The molecule has 0 aromatic heterocycles. The lowest BCUT2D eigenvalue weighted by Crippen LogP contribution is -2.49. The van der Waals surface area contributed by atoms with Gasteiger partial charge in [-0.3, -0.25) is 4.79 Å². The first kappa shape index (κ1) is 15.0. The van der Waals surface area contributed by atoms with Crippen LogP contribution in [-0.4, -0.2) is 36.2 Å². The summed E-state index contributed by atoms with van der Waals surface area (Å²) in [7, 11) is 0. The van der Waals surface area contributed by atoms with Crippen LogP contribution in [0.3, 0.4) is 0 Å². The van der Waals surface area contributed by atoms with Crippen LogP contribution in [0, 0.1) is 11.3 Å². The van der Waals surface area contributed by atoms with E-state index in [1.807, 2.05) is 20.8 Å². The second-order valence-corrected chi connectivity index (χ2v) is 6.10. The lowest BCUT2D eigenvalue weighted by Gasteiger charge is -2.29. The zero-order valence-electron chi connectivity index (χ0n) is 11.4. The normalized spacial score (nSPS) is 22.3. The Hall–Kier alpha value is -1.10. The topological polar surface area (TPSA) is 75.6 Å². The maximum atomic E-state index is 11.8. The molecule has 1 rings (SSSR count). The molecule has 5 heteroatoms. The van der Waals surface area contributed by atoms with E-state index in [0.29, 0.717) is 19.6 Å². The van der Waals surface area contributed by atoms with Crippen LogP contribution < -0.4 is 5.32 Å². The van der Waals surface area contributed by atoms with Gasteiger partial charge in [-0.1, -0.05) is 20.8 Å². The fraction of sp³-hybridized carbons (Fsp3) is 0.846. The molecular weight excluding hydrogens is 234 g/mol. The molecule has 1 aliphatic heterocycles. The largest absolute Gasteiger partial charge is 0.480 e. The van der Waals surface area contributed by atoms with Crippen molar-refractivity contribution in [3.05, 3.63) is 0 Å². The molecule has 1 aliphatic rings. The van der Waals surface area contributed by atoms with Gasteiger partial charge < -0.3 is 15.2 Å². The van der Waals surface area contributed by atoms with Crippen molar-refractivity contribution in [2.24, 2.45) is 11.3 Å². The van der Waals surface area contributed by atoms with Crippen molar-refractivity contribution in [3.63, 3.8) is 0 Å². The molecule has 18 heavy (non-hydrogen) atoms. The standard InChI is InChI=1S/C13H23NO4/c1-13(2,3)7-10(15)14-11(12(16)17)9-5-4-6-18-8-9/h9,11H,4-8H2,1-3H3,(H,14,15)(H,16,17). The predicted molar refractivity (Wildman–Crippen MR) is 67.2 cm³/mol. The molecule has 5 nitrogen and oxygen atoms in total. The second-order valence-electron chi connectivity index (χ2n) is 6.10. The molecule has 0 spiro atoms. The minimum absolute atomic E-state index is 0.125. The maximum absolute atomic E-state index is 11.8. The van der Waals surface area contributed by atoms with Gasteiger partial charge in [0.05, 0.1) is 6.61 Å². The van der Waals surface area contributed by atoms with Crippen LogP contribution in [0.1, 0.15) is 40.0 Å². The summed E-state index contributed by atoms with van der Waals surface area (Å²) in [4.78, 5) is 23.0. The highest BCUT2D eigenvalue weighted by molar-refractivity contribution is 5.84. The quantitative estimate of drug-likeness (QED) is 0.798. The smallest absolute Gasteiger partial charge is 0.326 e. The number of carboxylic acid groups (broad SMARTS) is 1. The van der Waals surface area contributed by atoms with E-state index in [9.17, 15) is 14.7 Å². The van der Waals surface area contributed by atoms with Gasteiger partial charge in [0.2, 0.25) is 5.91 Å². The highest BCUT2D eigenvalue weighted by Gasteiger charge is 2.32. The number of ether oxygens (including phenoxy) is 1. The Labute approximate surface area is 108 Å².